The van der Waals surface area contributed by atoms with E-state index in [1.54, 1.807) is 25.3 Å². The second kappa shape index (κ2) is 9.36. The molecule has 4 rings (SSSR count). The Hall–Kier alpha value is -3.81. The zero-order chi connectivity index (χ0) is 23.5. The number of rotatable bonds is 7. The number of carbonyl (C=O) groups excluding carboxylic acids is 2. The van der Waals surface area contributed by atoms with E-state index in [2.05, 4.69) is 10.3 Å². The van der Waals surface area contributed by atoms with E-state index < -0.39 is 12.0 Å². The number of ether oxygens (including phenoxy) is 2. The topological polar surface area (TPSA) is 85.7 Å². The highest BCUT2D eigenvalue weighted by atomic mass is 16.5. The first-order chi connectivity index (χ1) is 15.9. The van der Waals surface area contributed by atoms with E-state index in [0.29, 0.717) is 23.8 Å². The molecule has 1 aliphatic heterocycles. The number of methoxy groups -OCH3 is 2. The lowest BCUT2D eigenvalue weighted by Gasteiger charge is -2.22. The lowest BCUT2D eigenvalue weighted by atomic mass is 10.0. The molecule has 1 saturated heterocycles. The molecule has 2 unspecified atom stereocenters. The van der Waals surface area contributed by atoms with E-state index in [4.69, 9.17) is 9.47 Å². The summed E-state index contributed by atoms with van der Waals surface area (Å²) in [4.78, 5) is 32.2. The van der Waals surface area contributed by atoms with Gasteiger partial charge in [-0.15, -0.1) is 0 Å². The van der Waals surface area contributed by atoms with Gasteiger partial charge < -0.3 is 24.3 Å². The molecule has 0 aliphatic carbocycles. The number of hydrogen-bond donors (Lipinski definition) is 1. The third-order valence-corrected chi connectivity index (χ3v) is 5.97. The molecule has 1 N–H and O–H groups in total. The summed E-state index contributed by atoms with van der Waals surface area (Å²) < 4.78 is 12.6. The second-order valence-electron chi connectivity index (χ2n) is 8.19. The zero-order valence-electron chi connectivity index (χ0n) is 19.2. The van der Waals surface area contributed by atoms with Crippen LogP contribution in [0.25, 0.3) is 0 Å². The number of amides is 2. The molecule has 3 aromatic rings. The summed E-state index contributed by atoms with van der Waals surface area (Å²) in [5.74, 6) is 1.27. The first-order valence-electron chi connectivity index (χ1n) is 10.8. The molecule has 8 heteroatoms. The van der Waals surface area contributed by atoms with Crippen LogP contribution in [-0.4, -0.2) is 42.1 Å². The number of anilines is 1. The minimum atomic E-state index is -0.483. The summed E-state index contributed by atoms with van der Waals surface area (Å²) in [6.07, 6.45) is 3.67. The van der Waals surface area contributed by atoms with Gasteiger partial charge in [-0.1, -0.05) is 18.2 Å². The van der Waals surface area contributed by atoms with Gasteiger partial charge in [0.15, 0.2) is 0 Å². The Morgan fingerprint density at radius 3 is 2.55 bits per heavy atom. The summed E-state index contributed by atoms with van der Waals surface area (Å²) in [5, 5.41) is 3.12. The lowest BCUT2D eigenvalue weighted by molar-refractivity contribution is -0.126. The van der Waals surface area contributed by atoms with Crippen LogP contribution in [0.1, 0.15) is 29.4 Å². The van der Waals surface area contributed by atoms with Crippen molar-refractivity contribution < 1.29 is 19.1 Å². The lowest BCUT2D eigenvalue weighted by Crippen LogP contribution is -2.37. The van der Waals surface area contributed by atoms with E-state index in [-0.39, 0.29) is 18.2 Å². The van der Waals surface area contributed by atoms with Gasteiger partial charge >= 0.3 is 0 Å². The number of imidazole rings is 1. The predicted octanol–water partition coefficient (Wildman–Crippen LogP) is 3.00. The minimum Gasteiger partial charge on any atom is -0.497 e. The highest BCUT2D eigenvalue weighted by molar-refractivity contribution is 6.01. The van der Waals surface area contributed by atoms with Crippen molar-refractivity contribution in [1.29, 1.82) is 0 Å². The van der Waals surface area contributed by atoms with Gasteiger partial charge in [0.1, 0.15) is 23.4 Å². The van der Waals surface area contributed by atoms with Crippen LogP contribution in [0.3, 0.4) is 0 Å². The maximum Gasteiger partial charge on any atom is 0.227 e. The first-order valence-corrected chi connectivity index (χ1v) is 10.8. The Kier molecular flexibility index (Phi) is 6.35. The van der Waals surface area contributed by atoms with Gasteiger partial charge in [0, 0.05) is 32.4 Å². The van der Waals surface area contributed by atoms with Gasteiger partial charge in [-0.2, -0.15) is 0 Å². The molecule has 2 heterocycles. The largest absolute Gasteiger partial charge is 0.497 e. The third kappa shape index (κ3) is 4.55. The average Bonchev–Trinajstić information content (AvgIpc) is 3.42. The van der Waals surface area contributed by atoms with Crippen LogP contribution >= 0.6 is 0 Å². The predicted molar refractivity (Wildman–Crippen MR) is 124 cm³/mol. The van der Waals surface area contributed by atoms with Crippen LogP contribution in [0.4, 0.5) is 5.69 Å². The SMILES string of the molecule is COc1ccc(C(NC(=O)C2CC(=O)N(c3cc(C)ccc3OC)C2)c2nccn2C)cc1. The number of benzene rings is 2. The van der Waals surface area contributed by atoms with Crippen LogP contribution in [0.15, 0.2) is 54.9 Å². The normalized spacial score (nSPS) is 16.5. The quantitative estimate of drug-likeness (QED) is 0.601. The van der Waals surface area contributed by atoms with Crippen molar-refractivity contribution in [3.05, 3.63) is 71.8 Å². The highest BCUT2D eigenvalue weighted by Gasteiger charge is 2.37. The Labute approximate surface area is 193 Å². The number of nitrogens with zero attached hydrogens (tertiary/aromatic N) is 3. The maximum absolute atomic E-state index is 13.3. The van der Waals surface area contributed by atoms with Crippen molar-refractivity contribution in [2.24, 2.45) is 13.0 Å². The van der Waals surface area contributed by atoms with E-state index in [0.717, 1.165) is 16.9 Å². The molecule has 0 radical (unpaired) electrons. The van der Waals surface area contributed by atoms with Crippen molar-refractivity contribution in [1.82, 2.24) is 14.9 Å². The van der Waals surface area contributed by atoms with Crippen LogP contribution in [0.5, 0.6) is 11.5 Å². The van der Waals surface area contributed by atoms with Gasteiger partial charge in [-0.3, -0.25) is 9.59 Å². The van der Waals surface area contributed by atoms with E-state index in [1.807, 2.05) is 67.2 Å². The number of aryl methyl sites for hydroxylation is 2. The summed E-state index contributed by atoms with van der Waals surface area (Å²) in [6.45, 7) is 2.25. The Balaban J connectivity index is 1.57. The molecular formula is C25H28N4O4. The highest BCUT2D eigenvalue weighted by Crippen LogP contribution is 2.34. The molecule has 1 aliphatic rings. The van der Waals surface area contributed by atoms with Crippen LogP contribution in [-0.2, 0) is 16.6 Å². The molecule has 172 valence electrons. The molecule has 2 aromatic carbocycles. The molecule has 2 atom stereocenters. The number of carbonyl (C=O) groups is 2. The van der Waals surface area contributed by atoms with E-state index >= 15 is 0 Å². The minimum absolute atomic E-state index is 0.1000. The fourth-order valence-electron chi connectivity index (χ4n) is 4.14. The van der Waals surface area contributed by atoms with Crippen LogP contribution < -0.4 is 19.7 Å². The van der Waals surface area contributed by atoms with Crippen molar-refractivity contribution in [3.8, 4) is 11.5 Å². The van der Waals surface area contributed by atoms with Gasteiger partial charge in [0.25, 0.3) is 0 Å². The van der Waals surface area contributed by atoms with Gasteiger partial charge in [0.2, 0.25) is 11.8 Å². The second-order valence-corrected chi connectivity index (χ2v) is 8.19. The molecule has 1 fully saturated rings. The van der Waals surface area contributed by atoms with Gasteiger partial charge in [0.05, 0.1) is 25.8 Å². The summed E-state index contributed by atoms with van der Waals surface area (Å²) >= 11 is 0. The molecule has 0 bridgehead atoms. The van der Waals surface area contributed by atoms with Crippen molar-refractivity contribution in [2.75, 3.05) is 25.7 Å². The van der Waals surface area contributed by atoms with Crippen molar-refractivity contribution in [2.45, 2.75) is 19.4 Å². The summed E-state index contributed by atoms with van der Waals surface area (Å²) in [6, 6.07) is 12.7. The number of nitrogens with one attached hydrogen (secondary N) is 1. The standard InChI is InChI=1S/C25H28N4O4/c1-16-5-10-21(33-4)20(13-16)29-15-18(14-22(29)30)25(31)27-23(24-26-11-12-28(24)2)17-6-8-19(32-3)9-7-17/h5-13,18,23H,14-15H2,1-4H3,(H,27,31). The van der Waals surface area contributed by atoms with Gasteiger partial charge in [-0.05, 0) is 42.3 Å². The summed E-state index contributed by atoms with van der Waals surface area (Å²) in [5.41, 5.74) is 2.58. The zero-order valence-corrected chi connectivity index (χ0v) is 19.2. The molecule has 2 amide bonds. The molecule has 8 nitrogen and oxygen atoms in total. The molecule has 1 aromatic heterocycles. The van der Waals surface area contributed by atoms with Crippen molar-refractivity contribution in [3.63, 3.8) is 0 Å². The fraction of sp³-hybridized carbons (Fsp3) is 0.320. The molecule has 33 heavy (non-hydrogen) atoms. The van der Waals surface area contributed by atoms with Gasteiger partial charge in [-0.25, -0.2) is 4.98 Å². The summed E-state index contributed by atoms with van der Waals surface area (Å²) in [7, 11) is 5.07. The average molecular weight is 449 g/mol. The molecular weight excluding hydrogens is 420 g/mol. The maximum atomic E-state index is 13.3. The monoisotopic (exact) mass is 448 g/mol. The number of aromatic nitrogens is 2. The smallest absolute Gasteiger partial charge is 0.227 e. The Morgan fingerprint density at radius 2 is 1.91 bits per heavy atom. The molecule has 0 spiro atoms. The van der Waals surface area contributed by atoms with Crippen molar-refractivity contribution >= 4 is 17.5 Å². The first kappa shape index (κ1) is 22.4. The fourth-order valence-corrected chi connectivity index (χ4v) is 4.14. The van der Waals surface area contributed by atoms with Crippen LogP contribution in [0, 0.1) is 12.8 Å². The van der Waals surface area contributed by atoms with E-state index in [1.165, 1.54) is 0 Å². The third-order valence-electron chi connectivity index (χ3n) is 5.97. The Morgan fingerprint density at radius 1 is 1.15 bits per heavy atom. The Bertz CT molecular complexity index is 1160. The number of hydrogen-bond acceptors (Lipinski definition) is 5. The van der Waals surface area contributed by atoms with E-state index in [9.17, 15) is 9.59 Å². The molecule has 0 saturated carbocycles. The van der Waals surface area contributed by atoms with Crippen LogP contribution in [0.2, 0.25) is 0 Å².